The van der Waals surface area contributed by atoms with Gasteiger partial charge in [-0.3, -0.25) is 0 Å². The monoisotopic (exact) mass is 276 g/mol. The van der Waals surface area contributed by atoms with Crippen molar-refractivity contribution < 1.29 is 9.13 Å². The van der Waals surface area contributed by atoms with Crippen molar-refractivity contribution >= 4 is 17.2 Å². The van der Waals surface area contributed by atoms with E-state index in [1.54, 1.807) is 18.2 Å². The number of hydrogen-bond acceptors (Lipinski definition) is 3. The first-order chi connectivity index (χ1) is 8.95. The lowest BCUT2D eigenvalue weighted by Crippen LogP contribution is -2.10. The van der Waals surface area contributed by atoms with Crippen LogP contribution in [0.2, 0.25) is 0 Å². The van der Waals surface area contributed by atoms with Crippen molar-refractivity contribution in [1.82, 2.24) is 4.98 Å². The third kappa shape index (κ3) is 3.26. The summed E-state index contributed by atoms with van der Waals surface area (Å²) in [7, 11) is 0. The molecule has 2 rings (SSSR count). The van der Waals surface area contributed by atoms with Gasteiger partial charge in [-0.15, -0.1) is 0 Å². The molecule has 2 aromatic rings. The van der Waals surface area contributed by atoms with E-state index in [9.17, 15) is 4.39 Å². The first-order valence-corrected chi connectivity index (χ1v) is 6.09. The third-order valence-electron chi connectivity index (χ3n) is 2.58. The minimum atomic E-state index is -0.358. The summed E-state index contributed by atoms with van der Waals surface area (Å²) in [5, 5.41) is 0. The number of ether oxygens (including phenoxy) is 1. The predicted octanol–water partition coefficient (Wildman–Crippen LogP) is 3.26. The van der Waals surface area contributed by atoms with Gasteiger partial charge in [0.15, 0.2) is 0 Å². The van der Waals surface area contributed by atoms with Gasteiger partial charge in [0.25, 0.3) is 0 Å². The minimum Gasteiger partial charge on any atom is -0.439 e. The Balaban J connectivity index is 2.38. The molecule has 3 nitrogen and oxygen atoms in total. The van der Waals surface area contributed by atoms with Crippen molar-refractivity contribution in [3.63, 3.8) is 0 Å². The Morgan fingerprint density at radius 2 is 2.00 bits per heavy atom. The van der Waals surface area contributed by atoms with E-state index in [1.807, 2.05) is 13.8 Å². The molecule has 0 saturated heterocycles. The van der Waals surface area contributed by atoms with Crippen LogP contribution in [0, 0.1) is 19.7 Å². The van der Waals surface area contributed by atoms with Crippen LogP contribution in [0.1, 0.15) is 16.8 Å². The van der Waals surface area contributed by atoms with Gasteiger partial charge in [0.05, 0.1) is 0 Å². The van der Waals surface area contributed by atoms with E-state index in [0.717, 1.165) is 11.3 Å². The van der Waals surface area contributed by atoms with Gasteiger partial charge in [-0.25, -0.2) is 9.37 Å². The molecule has 0 spiro atoms. The van der Waals surface area contributed by atoms with Crippen LogP contribution in [-0.4, -0.2) is 9.97 Å². The molecule has 5 heteroatoms. The highest BCUT2D eigenvalue weighted by molar-refractivity contribution is 7.80. The molecule has 0 aliphatic carbocycles. The van der Waals surface area contributed by atoms with Crippen LogP contribution in [0.5, 0.6) is 11.6 Å². The first kappa shape index (κ1) is 13.4. The van der Waals surface area contributed by atoms with E-state index in [4.69, 9.17) is 22.7 Å². The number of nitrogens with two attached hydrogens (primary N) is 1. The Bertz CT molecular complexity index is 643. The number of nitrogens with zero attached hydrogens (tertiary/aromatic N) is 1. The molecule has 98 valence electrons. The van der Waals surface area contributed by atoms with E-state index in [0.29, 0.717) is 17.2 Å². The average Bonchev–Trinajstić information content (AvgIpc) is 2.33. The van der Waals surface area contributed by atoms with Gasteiger partial charge in [0.2, 0.25) is 5.88 Å². The topological polar surface area (TPSA) is 48.1 Å². The van der Waals surface area contributed by atoms with E-state index < -0.39 is 0 Å². The minimum absolute atomic E-state index is 0.270. The molecule has 0 aliphatic heterocycles. The SMILES string of the molecule is Cc1cc(C(N)=S)cc(Oc2cc(F)ccc2C)n1. The number of halogens is 1. The zero-order valence-corrected chi connectivity index (χ0v) is 11.4. The highest BCUT2D eigenvalue weighted by Gasteiger charge is 2.07. The predicted molar refractivity (Wildman–Crippen MR) is 76.1 cm³/mol. The van der Waals surface area contributed by atoms with Crippen LogP contribution < -0.4 is 10.5 Å². The summed E-state index contributed by atoms with van der Waals surface area (Å²) in [6.07, 6.45) is 0. The lowest BCUT2D eigenvalue weighted by atomic mass is 10.2. The highest BCUT2D eigenvalue weighted by Crippen LogP contribution is 2.25. The summed E-state index contributed by atoms with van der Waals surface area (Å²) >= 11 is 4.93. The van der Waals surface area contributed by atoms with Gasteiger partial charge >= 0.3 is 0 Å². The molecule has 0 amide bonds. The van der Waals surface area contributed by atoms with Gasteiger partial charge in [-0.05, 0) is 31.5 Å². The number of aromatic nitrogens is 1. The molecule has 0 bridgehead atoms. The quantitative estimate of drug-likeness (QED) is 0.874. The van der Waals surface area contributed by atoms with Crippen molar-refractivity contribution in [2.24, 2.45) is 5.73 Å². The molecule has 1 heterocycles. The Morgan fingerprint density at radius 3 is 2.68 bits per heavy atom. The Labute approximate surface area is 116 Å². The molecule has 2 N–H and O–H groups in total. The molecule has 0 aliphatic rings. The highest BCUT2D eigenvalue weighted by atomic mass is 32.1. The number of rotatable bonds is 3. The standard InChI is InChI=1S/C14H13FN2OS/c1-8-3-4-11(15)7-12(8)18-13-6-10(14(16)19)5-9(2)17-13/h3-7H,1-2H3,(H2,16,19). The molecular formula is C14H13FN2OS. The van der Waals surface area contributed by atoms with E-state index in [-0.39, 0.29) is 10.8 Å². The number of aryl methyl sites for hydroxylation is 2. The van der Waals surface area contributed by atoms with Crippen LogP contribution in [-0.2, 0) is 0 Å². The van der Waals surface area contributed by atoms with Crippen molar-refractivity contribution in [1.29, 1.82) is 0 Å². The smallest absolute Gasteiger partial charge is 0.220 e. The zero-order valence-electron chi connectivity index (χ0n) is 10.6. The number of pyridine rings is 1. The second kappa shape index (κ2) is 5.32. The molecule has 0 unspecified atom stereocenters. The second-order valence-electron chi connectivity index (χ2n) is 4.21. The van der Waals surface area contributed by atoms with Crippen LogP contribution in [0.15, 0.2) is 30.3 Å². The lowest BCUT2D eigenvalue weighted by Gasteiger charge is -2.10. The molecule has 0 fully saturated rings. The summed E-state index contributed by atoms with van der Waals surface area (Å²) < 4.78 is 18.8. The number of thiocarbonyl (C=S) groups is 1. The molecule has 1 aromatic heterocycles. The summed E-state index contributed by atoms with van der Waals surface area (Å²) in [6, 6.07) is 7.76. The summed E-state index contributed by atoms with van der Waals surface area (Å²) in [6.45, 7) is 3.64. The van der Waals surface area contributed by atoms with E-state index in [2.05, 4.69) is 4.98 Å². The summed E-state index contributed by atoms with van der Waals surface area (Å²) in [4.78, 5) is 4.49. The van der Waals surface area contributed by atoms with E-state index >= 15 is 0 Å². The Morgan fingerprint density at radius 1 is 1.26 bits per heavy atom. The van der Waals surface area contributed by atoms with Crippen LogP contribution in [0.4, 0.5) is 4.39 Å². The van der Waals surface area contributed by atoms with Crippen LogP contribution >= 0.6 is 12.2 Å². The second-order valence-corrected chi connectivity index (χ2v) is 4.65. The van der Waals surface area contributed by atoms with Crippen molar-refractivity contribution in [3.05, 3.63) is 53.0 Å². The Hall–Kier alpha value is -2.01. The molecule has 1 aromatic carbocycles. The third-order valence-corrected chi connectivity index (χ3v) is 2.81. The summed E-state index contributed by atoms with van der Waals surface area (Å²) in [5.41, 5.74) is 7.81. The lowest BCUT2D eigenvalue weighted by molar-refractivity contribution is 0.453. The van der Waals surface area contributed by atoms with Crippen molar-refractivity contribution in [2.45, 2.75) is 13.8 Å². The van der Waals surface area contributed by atoms with Crippen LogP contribution in [0.25, 0.3) is 0 Å². The average molecular weight is 276 g/mol. The molecule has 0 saturated carbocycles. The molecule has 0 radical (unpaired) electrons. The maximum atomic E-state index is 13.2. The van der Waals surface area contributed by atoms with Gasteiger partial charge < -0.3 is 10.5 Å². The van der Waals surface area contributed by atoms with E-state index in [1.165, 1.54) is 12.1 Å². The fourth-order valence-electron chi connectivity index (χ4n) is 1.63. The maximum Gasteiger partial charge on any atom is 0.220 e. The number of hydrogen-bond donors (Lipinski definition) is 1. The Kier molecular flexibility index (Phi) is 3.76. The number of benzene rings is 1. The largest absolute Gasteiger partial charge is 0.439 e. The fourth-order valence-corrected chi connectivity index (χ4v) is 1.75. The zero-order chi connectivity index (χ0) is 14.0. The molecular weight excluding hydrogens is 263 g/mol. The van der Waals surface area contributed by atoms with Crippen LogP contribution in [0.3, 0.4) is 0 Å². The van der Waals surface area contributed by atoms with Gasteiger partial charge in [0, 0.05) is 23.4 Å². The normalized spacial score (nSPS) is 10.3. The first-order valence-electron chi connectivity index (χ1n) is 5.68. The maximum absolute atomic E-state index is 13.2. The van der Waals surface area contributed by atoms with Crippen molar-refractivity contribution in [3.8, 4) is 11.6 Å². The molecule has 19 heavy (non-hydrogen) atoms. The molecule has 0 atom stereocenters. The summed E-state index contributed by atoms with van der Waals surface area (Å²) in [5.74, 6) is 0.409. The van der Waals surface area contributed by atoms with Gasteiger partial charge in [-0.1, -0.05) is 18.3 Å². The fraction of sp³-hybridized carbons (Fsp3) is 0.143. The van der Waals surface area contributed by atoms with Gasteiger partial charge in [-0.2, -0.15) is 0 Å². The van der Waals surface area contributed by atoms with Gasteiger partial charge in [0.1, 0.15) is 16.6 Å². The van der Waals surface area contributed by atoms with Crippen molar-refractivity contribution in [2.75, 3.05) is 0 Å².